The lowest BCUT2D eigenvalue weighted by molar-refractivity contribution is -0.139. The predicted molar refractivity (Wildman–Crippen MR) is 110 cm³/mol. The first-order valence-electron chi connectivity index (χ1n) is 10.5. The largest absolute Gasteiger partial charge is 0.494 e. The Hall–Kier alpha value is -1.59. The minimum Gasteiger partial charge on any atom is -0.494 e. The number of amides is 1. The van der Waals surface area contributed by atoms with Gasteiger partial charge in [-0.1, -0.05) is 19.8 Å². The number of hydrogen-bond acceptors (Lipinski definition) is 4. The maximum atomic E-state index is 12.5. The van der Waals surface area contributed by atoms with E-state index in [0.29, 0.717) is 13.0 Å². The van der Waals surface area contributed by atoms with Gasteiger partial charge in [0.2, 0.25) is 0 Å². The van der Waals surface area contributed by atoms with Crippen LogP contribution in [0, 0.1) is 0 Å². The lowest BCUT2D eigenvalue weighted by Gasteiger charge is -2.26. The van der Waals surface area contributed by atoms with Gasteiger partial charge in [0, 0.05) is 18.8 Å². The van der Waals surface area contributed by atoms with Crippen LogP contribution < -0.4 is 10.1 Å². The number of nitrogens with one attached hydrogen (secondary N) is 1. The molecule has 5 nitrogen and oxygen atoms in total. The molecule has 0 aromatic heterocycles. The van der Waals surface area contributed by atoms with Crippen LogP contribution in [0.3, 0.4) is 0 Å². The van der Waals surface area contributed by atoms with Gasteiger partial charge in [0.15, 0.2) is 0 Å². The van der Waals surface area contributed by atoms with E-state index >= 15 is 0 Å². The quantitative estimate of drug-likeness (QED) is 0.612. The summed E-state index contributed by atoms with van der Waals surface area (Å²) >= 11 is 0. The normalized spacial score (nSPS) is 17.7. The molecule has 1 amide bonds. The van der Waals surface area contributed by atoms with E-state index in [1.165, 1.54) is 38.8 Å². The van der Waals surface area contributed by atoms with Crippen LogP contribution in [0.25, 0.3) is 0 Å². The van der Waals surface area contributed by atoms with Crippen molar-refractivity contribution in [2.45, 2.75) is 64.9 Å². The van der Waals surface area contributed by atoms with Gasteiger partial charge in [0.25, 0.3) is 5.91 Å². The molecular formula is C22H36N2O3. The molecule has 27 heavy (non-hydrogen) atoms. The second-order valence-electron chi connectivity index (χ2n) is 7.45. The van der Waals surface area contributed by atoms with E-state index in [1.54, 1.807) is 0 Å². The lowest BCUT2D eigenvalue weighted by atomic mass is 10.0. The van der Waals surface area contributed by atoms with E-state index in [4.69, 9.17) is 9.47 Å². The van der Waals surface area contributed by atoms with Crippen molar-refractivity contribution in [2.75, 3.05) is 38.2 Å². The Morgan fingerprint density at radius 1 is 1.11 bits per heavy atom. The maximum Gasteiger partial charge on any atom is 0.256 e. The number of carbonyl (C=O) groups is 1. The van der Waals surface area contributed by atoms with Crippen LogP contribution in [0.5, 0.6) is 5.75 Å². The Balaban J connectivity index is 1.73. The van der Waals surface area contributed by atoms with E-state index in [2.05, 4.69) is 10.2 Å². The molecule has 5 heteroatoms. The summed E-state index contributed by atoms with van der Waals surface area (Å²) < 4.78 is 11.5. The third-order valence-electron chi connectivity index (χ3n) is 5.32. The monoisotopic (exact) mass is 376 g/mol. The van der Waals surface area contributed by atoms with Crippen LogP contribution >= 0.6 is 0 Å². The van der Waals surface area contributed by atoms with Crippen molar-refractivity contribution < 1.29 is 14.3 Å². The van der Waals surface area contributed by atoms with Crippen LogP contribution in [0.2, 0.25) is 0 Å². The van der Waals surface area contributed by atoms with Crippen molar-refractivity contribution in [1.29, 1.82) is 0 Å². The SMILES string of the molecule is CCOC(C)(CC)C(=O)Nc1ccc(OCCCN2CCCCCC2)cc1. The molecule has 1 N–H and O–H groups in total. The molecule has 0 radical (unpaired) electrons. The molecule has 1 aromatic carbocycles. The van der Waals surface area contributed by atoms with Gasteiger partial charge >= 0.3 is 0 Å². The minimum atomic E-state index is -0.794. The number of rotatable bonds is 10. The molecule has 0 saturated carbocycles. The third kappa shape index (κ3) is 7.15. The van der Waals surface area contributed by atoms with Gasteiger partial charge < -0.3 is 19.7 Å². The zero-order valence-electron chi connectivity index (χ0n) is 17.3. The topological polar surface area (TPSA) is 50.8 Å². The van der Waals surface area contributed by atoms with Crippen molar-refractivity contribution >= 4 is 11.6 Å². The molecule has 1 aromatic rings. The minimum absolute atomic E-state index is 0.113. The van der Waals surface area contributed by atoms with Gasteiger partial charge in [-0.3, -0.25) is 4.79 Å². The first kappa shape index (κ1) is 21.7. The molecule has 1 heterocycles. The number of anilines is 1. The first-order valence-corrected chi connectivity index (χ1v) is 10.5. The van der Waals surface area contributed by atoms with Gasteiger partial charge in [0.05, 0.1) is 6.61 Å². The number of benzene rings is 1. The number of ether oxygens (including phenoxy) is 2. The molecule has 1 fully saturated rings. The summed E-state index contributed by atoms with van der Waals surface area (Å²) in [6.07, 6.45) is 7.07. The van der Waals surface area contributed by atoms with Crippen molar-refractivity contribution in [1.82, 2.24) is 4.90 Å². The van der Waals surface area contributed by atoms with E-state index in [1.807, 2.05) is 45.0 Å². The fraction of sp³-hybridized carbons (Fsp3) is 0.682. The molecule has 1 atom stereocenters. The molecule has 1 aliphatic heterocycles. The number of likely N-dealkylation sites (tertiary alicyclic amines) is 1. The molecule has 1 unspecified atom stereocenters. The maximum absolute atomic E-state index is 12.5. The first-order chi connectivity index (χ1) is 13.1. The highest BCUT2D eigenvalue weighted by molar-refractivity contribution is 5.97. The summed E-state index contributed by atoms with van der Waals surface area (Å²) in [5.41, 5.74) is -0.0339. The van der Waals surface area contributed by atoms with Crippen LogP contribution in [0.15, 0.2) is 24.3 Å². The highest BCUT2D eigenvalue weighted by Crippen LogP contribution is 2.21. The van der Waals surface area contributed by atoms with E-state index in [-0.39, 0.29) is 5.91 Å². The van der Waals surface area contributed by atoms with Crippen molar-refractivity contribution in [3.05, 3.63) is 24.3 Å². The van der Waals surface area contributed by atoms with Crippen molar-refractivity contribution in [2.24, 2.45) is 0 Å². The highest BCUT2D eigenvalue weighted by atomic mass is 16.5. The van der Waals surface area contributed by atoms with Crippen molar-refractivity contribution in [3.8, 4) is 5.75 Å². The third-order valence-corrected chi connectivity index (χ3v) is 5.32. The second-order valence-corrected chi connectivity index (χ2v) is 7.45. The lowest BCUT2D eigenvalue weighted by Crippen LogP contribution is -2.42. The summed E-state index contributed by atoms with van der Waals surface area (Å²) in [7, 11) is 0. The number of carbonyl (C=O) groups excluding carboxylic acids is 1. The molecule has 1 aliphatic rings. The number of hydrogen-bond donors (Lipinski definition) is 1. The average Bonchev–Trinajstić information content (AvgIpc) is 2.95. The van der Waals surface area contributed by atoms with Gasteiger partial charge in [-0.15, -0.1) is 0 Å². The smallest absolute Gasteiger partial charge is 0.256 e. The summed E-state index contributed by atoms with van der Waals surface area (Å²) in [5, 5.41) is 2.94. The number of nitrogens with zero attached hydrogens (tertiary/aromatic N) is 1. The van der Waals surface area contributed by atoms with E-state index in [0.717, 1.165) is 31.0 Å². The summed E-state index contributed by atoms with van der Waals surface area (Å²) in [4.78, 5) is 15.0. The van der Waals surface area contributed by atoms with Gasteiger partial charge in [-0.25, -0.2) is 0 Å². The summed E-state index contributed by atoms with van der Waals surface area (Å²) in [6, 6.07) is 7.57. The Bertz CT molecular complexity index is 553. The van der Waals surface area contributed by atoms with Crippen LogP contribution in [0.1, 0.15) is 59.3 Å². The van der Waals surface area contributed by atoms with Crippen molar-refractivity contribution in [3.63, 3.8) is 0 Å². The Labute approximate surface area is 164 Å². The average molecular weight is 377 g/mol. The zero-order chi connectivity index (χ0) is 19.5. The highest BCUT2D eigenvalue weighted by Gasteiger charge is 2.31. The van der Waals surface area contributed by atoms with Crippen LogP contribution in [0.4, 0.5) is 5.69 Å². The van der Waals surface area contributed by atoms with Crippen LogP contribution in [-0.4, -0.2) is 49.3 Å². The van der Waals surface area contributed by atoms with E-state index in [9.17, 15) is 4.79 Å². The van der Waals surface area contributed by atoms with Crippen LogP contribution in [-0.2, 0) is 9.53 Å². The van der Waals surface area contributed by atoms with E-state index < -0.39 is 5.60 Å². The molecule has 0 bridgehead atoms. The summed E-state index contributed by atoms with van der Waals surface area (Å²) in [5.74, 6) is 0.727. The predicted octanol–water partition coefficient (Wildman–Crippen LogP) is 4.48. The molecule has 0 spiro atoms. The molecule has 0 aliphatic carbocycles. The fourth-order valence-corrected chi connectivity index (χ4v) is 3.38. The van der Waals surface area contributed by atoms with Gasteiger partial charge in [-0.2, -0.15) is 0 Å². The Morgan fingerprint density at radius 2 is 1.78 bits per heavy atom. The molecule has 1 saturated heterocycles. The Kier molecular flexibility index (Phi) is 9.08. The molecule has 2 rings (SSSR count). The molecular weight excluding hydrogens is 340 g/mol. The standard InChI is InChI=1S/C22H36N2O3/c1-4-22(3,27-5-2)21(25)23-19-11-13-20(14-12-19)26-18-10-17-24-15-8-6-7-9-16-24/h11-14H,4-10,15-18H2,1-3H3,(H,23,25). The summed E-state index contributed by atoms with van der Waals surface area (Å²) in [6.45, 7) is 10.5. The second kappa shape index (κ2) is 11.3. The molecule has 152 valence electrons. The fourth-order valence-electron chi connectivity index (χ4n) is 3.38. The Morgan fingerprint density at radius 3 is 2.37 bits per heavy atom. The van der Waals surface area contributed by atoms with Gasteiger partial charge in [0.1, 0.15) is 11.4 Å². The van der Waals surface area contributed by atoms with Gasteiger partial charge in [-0.05, 0) is 76.9 Å². The zero-order valence-corrected chi connectivity index (χ0v) is 17.3.